The van der Waals surface area contributed by atoms with Crippen molar-refractivity contribution in [2.75, 3.05) is 37.9 Å². The van der Waals surface area contributed by atoms with Gasteiger partial charge in [0, 0.05) is 20.7 Å². The number of likely N-dealkylation sites (N-methyl/N-ethyl adjacent to an activating group) is 1. The first-order valence-electron chi connectivity index (χ1n) is 6.18. The topological polar surface area (TPSA) is 104 Å². The van der Waals surface area contributed by atoms with E-state index in [1.54, 1.807) is 17.0 Å². The molecular formula is C13H18N4O3. The molecule has 1 aromatic heterocycles. The van der Waals surface area contributed by atoms with Crippen molar-refractivity contribution in [1.29, 1.82) is 0 Å². The van der Waals surface area contributed by atoms with Gasteiger partial charge in [0.05, 0.1) is 41.3 Å². The van der Waals surface area contributed by atoms with Crippen molar-refractivity contribution in [2.45, 2.75) is 6.10 Å². The van der Waals surface area contributed by atoms with Gasteiger partial charge in [0.25, 0.3) is 5.56 Å². The van der Waals surface area contributed by atoms with Crippen molar-refractivity contribution in [2.24, 2.45) is 0 Å². The van der Waals surface area contributed by atoms with Crippen LogP contribution in [0.3, 0.4) is 0 Å². The van der Waals surface area contributed by atoms with Gasteiger partial charge >= 0.3 is 0 Å². The van der Waals surface area contributed by atoms with Gasteiger partial charge in [-0.15, -0.1) is 0 Å². The smallest absolute Gasteiger partial charge is 0.258 e. The van der Waals surface area contributed by atoms with Gasteiger partial charge in [-0.2, -0.15) is 0 Å². The fourth-order valence-corrected chi connectivity index (χ4v) is 2.11. The number of nitrogens with zero attached hydrogens (tertiary/aromatic N) is 2. The Balaban J connectivity index is 2.34. The zero-order chi connectivity index (χ0) is 14.7. The maximum absolute atomic E-state index is 11.7. The van der Waals surface area contributed by atoms with Crippen LogP contribution in [0.15, 0.2) is 23.3 Å². The highest BCUT2D eigenvalue weighted by Crippen LogP contribution is 2.26. The van der Waals surface area contributed by atoms with Crippen molar-refractivity contribution < 1.29 is 9.84 Å². The Labute approximate surface area is 116 Å². The van der Waals surface area contributed by atoms with E-state index >= 15 is 0 Å². The molecule has 1 unspecified atom stereocenters. The van der Waals surface area contributed by atoms with Crippen molar-refractivity contribution in [3.63, 3.8) is 0 Å². The van der Waals surface area contributed by atoms with Crippen LogP contribution in [0.25, 0.3) is 10.9 Å². The predicted molar refractivity (Wildman–Crippen MR) is 77.9 cm³/mol. The summed E-state index contributed by atoms with van der Waals surface area (Å²) in [5, 5.41) is 10.2. The molecule has 0 saturated heterocycles. The highest BCUT2D eigenvalue weighted by molar-refractivity contribution is 5.88. The fraction of sp³-hybridized carbons (Fsp3) is 0.385. The number of aliphatic hydroxyl groups excluding tert-OH is 1. The SMILES string of the molecule is COCC(O)CN(C)c1cc2nc[nH]c(=O)c2cc1N. The average Bonchev–Trinajstić information content (AvgIpc) is 2.39. The minimum Gasteiger partial charge on any atom is -0.397 e. The Morgan fingerprint density at radius 1 is 1.55 bits per heavy atom. The van der Waals surface area contributed by atoms with Crippen LogP contribution >= 0.6 is 0 Å². The summed E-state index contributed by atoms with van der Waals surface area (Å²) in [6, 6.07) is 3.33. The van der Waals surface area contributed by atoms with Gasteiger partial charge in [-0.05, 0) is 12.1 Å². The number of aromatic nitrogens is 2. The molecule has 1 atom stereocenters. The lowest BCUT2D eigenvalue weighted by atomic mass is 10.1. The monoisotopic (exact) mass is 278 g/mol. The first-order valence-corrected chi connectivity index (χ1v) is 6.18. The summed E-state index contributed by atoms with van der Waals surface area (Å²) in [6.45, 7) is 0.614. The fourth-order valence-electron chi connectivity index (χ4n) is 2.11. The Hall–Kier alpha value is -2.12. The summed E-state index contributed by atoms with van der Waals surface area (Å²) in [5.41, 5.74) is 7.48. The van der Waals surface area contributed by atoms with Gasteiger partial charge in [0.2, 0.25) is 0 Å². The number of aliphatic hydroxyl groups is 1. The van der Waals surface area contributed by atoms with E-state index in [1.165, 1.54) is 13.4 Å². The number of methoxy groups -OCH3 is 1. The van der Waals surface area contributed by atoms with E-state index in [4.69, 9.17) is 10.5 Å². The standard InChI is InChI=1S/C13H18N4O3/c1-17(5-8(18)6-20-2)12-4-11-9(3-10(12)14)13(19)16-7-15-11/h3-4,7-8,18H,5-6,14H2,1-2H3,(H,15,16,19). The minimum atomic E-state index is -0.618. The van der Waals surface area contributed by atoms with Crippen LogP contribution in [-0.2, 0) is 4.74 Å². The van der Waals surface area contributed by atoms with Crippen LogP contribution in [0, 0.1) is 0 Å². The largest absolute Gasteiger partial charge is 0.397 e. The van der Waals surface area contributed by atoms with Crippen LogP contribution in [0.1, 0.15) is 0 Å². The number of nitrogens with two attached hydrogens (primary N) is 1. The van der Waals surface area contributed by atoms with E-state index in [1.807, 2.05) is 7.05 Å². The second-order valence-corrected chi connectivity index (χ2v) is 4.65. The maximum Gasteiger partial charge on any atom is 0.258 e. The third-order valence-corrected chi connectivity index (χ3v) is 3.04. The zero-order valence-electron chi connectivity index (χ0n) is 11.5. The molecule has 108 valence electrons. The van der Waals surface area contributed by atoms with Gasteiger partial charge < -0.3 is 25.5 Å². The van der Waals surface area contributed by atoms with Crippen molar-refractivity contribution in [3.8, 4) is 0 Å². The molecule has 1 heterocycles. The molecule has 0 bridgehead atoms. The van der Waals surface area contributed by atoms with Gasteiger partial charge in [0.15, 0.2) is 0 Å². The zero-order valence-corrected chi connectivity index (χ0v) is 11.5. The lowest BCUT2D eigenvalue weighted by Gasteiger charge is -2.24. The average molecular weight is 278 g/mol. The molecule has 0 radical (unpaired) electrons. The second-order valence-electron chi connectivity index (χ2n) is 4.65. The lowest BCUT2D eigenvalue weighted by Crippen LogP contribution is -2.32. The Bertz CT molecular complexity index is 656. The molecule has 2 rings (SSSR count). The van der Waals surface area contributed by atoms with E-state index in [0.29, 0.717) is 28.8 Å². The first kappa shape index (κ1) is 14.3. The number of hydrogen-bond donors (Lipinski definition) is 3. The molecule has 4 N–H and O–H groups in total. The lowest BCUT2D eigenvalue weighted by molar-refractivity contribution is 0.0695. The third kappa shape index (κ3) is 2.89. The molecule has 0 aliphatic heterocycles. The van der Waals surface area contributed by atoms with Crippen molar-refractivity contribution in [3.05, 3.63) is 28.8 Å². The maximum atomic E-state index is 11.7. The number of ether oxygens (including phenoxy) is 1. The molecule has 2 aromatic rings. The van der Waals surface area contributed by atoms with E-state index in [9.17, 15) is 9.90 Å². The minimum absolute atomic E-state index is 0.227. The molecule has 7 nitrogen and oxygen atoms in total. The summed E-state index contributed by atoms with van der Waals surface area (Å²) in [6.07, 6.45) is 0.733. The molecule has 20 heavy (non-hydrogen) atoms. The summed E-state index contributed by atoms with van der Waals surface area (Å²) in [5.74, 6) is 0. The van der Waals surface area contributed by atoms with Crippen LogP contribution in [0.2, 0.25) is 0 Å². The molecule has 7 heteroatoms. The van der Waals surface area contributed by atoms with Gasteiger partial charge in [-0.25, -0.2) is 4.98 Å². The number of anilines is 2. The number of rotatable bonds is 5. The van der Waals surface area contributed by atoms with Crippen molar-refractivity contribution in [1.82, 2.24) is 9.97 Å². The quantitative estimate of drug-likeness (QED) is 0.662. The predicted octanol–water partition coefficient (Wildman–Crippen LogP) is -0.0512. The van der Waals surface area contributed by atoms with E-state index in [-0.39, 0.29) is 12.2 Å². The summed E-state index contributed by atoms with van der Waals surface area (Å²) in [4.78, 5) is 20.1. The van der Waals surface area contributed by atoms with Gasteiger partial charge in [-0.3, -0.25) is 4.79 Å². The highest BCUT2D eigenvalue weighted by Gasteiger charge is 2.13. The van der Waals surface area contributed by atoms with E-state index in [0.717, 1.165) is 0 Å². The number of H-pyrrole nitrogens is 1. The third-order valence-electron chi connectivity index (χ3n) is 3.04. The van der Waals surface area contributed by atoms with E-state index < -0.39 is 6.10 Å². The molecule has 0 spiro atoms. The second kappa shape index (κ2) is 5.89. The first-order chi connectivity index (χ1) is 9.52. The summed E-state index contributed by atoms with van der Waals surface area (Å²) < 4.78 is 4.89. The van der Waals surface area contributed by atoms with Crippen LogP contribution in [0.4, 0.5) is 11.4 Å². The molecule has 0 aliphatic carbocycles. The molecule has 0 fully saturated rings. The van der Waals surface area contributed by atoms with Crippen LogP contribution in [0.5, 0.6) is 0 Å². The Morgan fingerprint density at radius 3 is 3.00 bits per heavy atom. The molecule has 0 amide bonds. The summed E-state index contributed by atoms with van der Waals surface area (Å²) in [7, 11) is 3.34. The van der Waals surface area contributed by atoms with Gasteiger partial charge in [0.1, 0.15) is 0 Å². The molecular weight excluding hydrogens is 260 g/mol. The molecule has 0 saturated carbocycles. The van der Waals surface area contributed by atoms with Gasteiger partial charge in [-0.1, -0.05) is 0 Å². The number of aromatic amines is 1. The number of hydrogen-bond acceptors (Lipinski definition) is 6. The summed E-state index contributed by atoms with van der Waals surface area (Å²) >= 11 is 0. The molecule has 0 aliphatic rings. The Morgan fingerprint density at radius 2 is 2.30 bits per heavy atom. The number of fused-ring (bicyclic) bond motifs is 1. The number of nitrogens with one attached hydrogen (secondary N) is 1. The normalized spacial score (nSPS) is 12.6. The number of benzene rings is 1. The molecule has 1 aromatic carbocycles. The number of nitrogen functional groups attached to an aromatic ring is 1. The Kier molecular flexibility index (Phi) is 4.21. The van der Waals surface area contributed by atoms with E-state index in [2.05, 4.69) is 9.97 Å². The van der Waals surface area contributed by atoms with Crippen LogP contribution < -0.4 is 16.2 Å². The van der Waals surface area contributed by atoms with Crippen molar-refractivity contribution >= 4 is 22.3 Å². The highest BCUT2D eigenvalue weighted by atomic mass is 16.5. The van der Waals surface area contributed by atoms with Crippen LogP contribution in [-0.4, -0.2) is 48.5 Å².